The molecule has 2 unspecified atom stereocenters. The number of cyclic esters (lactones) is 1. The number of likely N-dealkylation sites (tertiary alicyclic amines) is 2. The summed E-state index contributed by atoms with van der Waals surface area (Å²) < 4.78 is 40.8. The van der Waals surface area contributed by atoms with Crippen molar-refractivity contribution < 1.29 is 38.1 Å². The number of rotatable bonds is 6. The number of aromatic nitrogens is 1. The van der Waals surface area contributed by atoms with Crippen molar-refractivity contribution in [1.82, 2.24) is 14.8 Å². The largest absolute Gasteiger partial charge is 0.457 e. The van der Waals surface area contributed by atoms with Crippen LogP contribution < -0.4 is 0 Å². The number of halogens is 2. The van der Waals surface area contributed by atoms with Gasteiger partial charge in [-0.25, -0.2) is 13.6 Å². The van der Waals surface area contributed by atoms with Gasteiger partial charge < -0.3 is 24.6 Å². The first-order valence-electron chi connectivity index (χ1n) is 17.9. The summed E-state index contributed by atoms with van der Waals surface area (Å²) in [5.74, 6) is -4.53. The Morgan fingerprint density at radius 3 is 2.47 bits per heavy atom. The molecule has 270 valence electrons. The predicted octanol–water partition coefficient (Wildman–Crippen LogP) is 6.03. The van der Waals surface area contributed by atoms with E-state index < -0.39 is 53.7 Å². The van der Waals surface area contributed by atoms with E-state index in [0.29, 0.717) is 51.9 Å². The van der Waals surface area contributed by atoms with Gasteiger partial charge in [-0.2, -0.15) is 0 Å². The third-order valence-electron chi connectivity index (χ3n) is 11.0. The summed E-state index contributed by atoms with van der Waals surface area (Å²) in [5, 5.41) is 22.2. The number of carbonyl (C=O) groups is 2. The van der Waals surface area contributed by atoms with E-state index in [4.69, 9.17) is 9.47 Å². The molecule has 11 heteroatoms. The summed E-state index contributed by atoms with van der Waals surface area (Å²) in [4.78, 5) is 34.5. The SMILES string of the molecule is C/C(=C\C=C\[C@H](C)c1ccccn1)[C@H]1OC(=O)C[C@@H](O)CC[C@](C)(O)[C@H](OC(=O)N2CCC(N3CC4CCC(C3)C4(F)F)CC2)/C=C/[C@@H]1C. The fourth-order valence-electron chi connectivity index (χ4n) is 7.75. The number of esters is 1. The Morgan fingerprint density at radius 1 is 1.12 bits per heavy atom. The van der Waals surface area contributed by atoms with Crippen LogP contribution in [0.15, 0.2) is 60.3 Å². The summed E-state index contributed by atoms with van der Waals surface area (Å²) in [7, 11) is 0. The average Bonchev–Trinajstić information content (AvgIpc) is 3.21. The molecule has 1 aliphatic carbocycles. The van der Waals surface area contributed by atoms with Crippen molar-refractivity contribution in [1.29, 1.82) is 0 Å². The molecule has 5 rings (SSSR count). The normalized spacial score (nSPS) is 34.9. The molecule has 2 saturated heterocycles. The van der Waals surface area contributed by atoms with E-state index in [1.54, 1.807) is 30.2 Å². The summed E-state index contributed by atoms with van der Waals surface area (Å²) in [6.45, 7) is 9.06. The minimum atomic E-state index is -2.57. The molecule has 0 radical (unpaired) electrons. The molecule has 9 nitrogen and oxygen atoms in total. The van der Waals surface area contributed by atoms with Crippen LogP contribution in [0.1, 0.15) is 84.3 Å². The van der Waals surface area contributed by atoms with Crippen LogP contribution in [-0.2, 0) is 14.3 Å². The van der Waals surface area contributed by atoms with E-state index >= 15 is 0 Å². The van der Waals surface area contributed by atoms with Gasteiger partial charge in [-0.1, -0.05) is 44.2 Å². The third kappa shape index (κ3) is 9.15. The lowest BCUT2D eigenvalue weighted by atomic mass is 9.88. The second-order valence-electron chi connectivity index (χ2n) is 14.9. The Bertz CT molecular complexity index is 1360. The van der Waals surface area contributed by atoms with Crippen molar-refractivity contribution in [2.45, 2.75) is 114 Å². The molecule has 3 fully saturated rings. The Balaban J connectivity index is 1.24. The number of allylic oxidation sites excluding steroid dienone is 3. The van der Waals surface area contributed by atoms with E-state index in [1.165, 1.54) is 0 Å². The lowest BCUT2D eigenvalue weighted by Crippen LogP contribution is -2.55. The molecule has 4 heterocycles. The third-order valence-corrected chi connectivity index (χ3v) is 11.0. The number of piperidine rings is 2. The first-order chi connectivity index (χ1) is 23.2. The highest BCUT2D eigenvalue weighted by Crippen LogP contribution is 2.49. The zero-order chi connectivity index (χ0) is 35.3. The topological polar surface area (TPSA) is 112 Å². The van der Waals surface area contributed by atoms with Crippen LogP contribution in [0.4, 0.5) is 13.6 Å². The summed E-state index contributed by atoms with van der Waals surface area (Å²) >= 11 is 0. The molecule has 0 spiro atoms. The van der Waals surface area contributed by atoms with Crippen LogP contribution in [0.2, 0.25) is 0 Å². The maximum Gasteiger partial charge on any atom is 0.410 e. The Labute approximate surface area is 289 Å². The van der Waals surface area contributed by atoms with Gasteiger partial charge in [0.05, 0.1) is 12.5 Å². The Hall–Kier alpha value is -3.15. The smallest absolute Gasteiger partial charge is 0.410 e. The fourth-order valence-corrected chi connectivity index (χ4v) is 7.75. The predicted molar refractivity (Wildman–Crippen MR) is 182 cm³/mol. The van der Waals surface area contributed by atoms with Crippen molar-refractivity contribution in [2.24, 2.45) is 17.8 Å². The molecule has 2 bridgehead atoms. The number of hydrogen-bond donors (Lipinski definition) is 2. The summed E-state index contributed by atoms with van der Waals surface area (Å²) in [6.07, 6.45) is 10.2. The van der Waals surface area contributed by atoms with Crippen molar-refractivity contribution in [3.63, 3.8) is 0 Å². The van der Waals surface area contributed by atoms with Gasteiger partial charge in [0.1, 0.15) is 11.7 Å². The van der Waals surface area contributed by atoms with Crippen LogP contribution >= 0.6 is 0 Å². The molecule has 2 N–H and O–H groups in total. The first kappa shape index (κ1) is 37.1. The fraction of sp³-hybridized carbons (Fsp3) is 0.658. The van der Waals surface area contributed by atoms with Gasteiger partial charge in [0, 0.05) is 67.8 Å². The molecule has 8 atom stereocenters. The molecule has 4 aliphatic rings. The lowest BCUT2D eigenvalue weighted by molar-refractivity contribution is -0.151. The molecule has 1 aromatic rings. The van der Waals surface area contributed by atoms with Crippen molar-refractivity contribution in [3.05, 3.63) is 66.0 Å². The van der Waals surface area contributed by atoms with E-state index in [0.717, 1.165) is 11.3 Å². The van der Waals surface area contributed by atoms with Gasteiger partial charge in [-0.3, -0.25) is 14.7 Å². The van der Waals surface area contributed by atoms with Gasteiger partial charge >= 0.3 is 12.1 Å². The van der Waals surface area contributed by atoms with Gasteiger partial charge in [0.15, 0.2) is 6.10 Å². The van der Waals surface area contributed by atoms with E-state index in [-0.39, 0.29) is 37.1 Å². The number of amides is 1. The number of nitrogens with zero attached hydrogens (tertiary/aromatic N) is 3. The van der Waals surface area contributed by atoms with E-state index in [1.807, 2.05) is 57.2 Å². The van der Waals surface area contributed by atoms with Crippen LogP contribution in [0.3, 0.4) is 0 Å². The van der Waals surface area contributed by atoms with Crippen LogP contribution in [-0.4, -0.2) is 99.1 Å². The molecule has 49 heavy (non-hydrogen) atoms. The first-order valence-corrected chi connectivity index (χ1v) is 17.9. The summed E-state index contributed by atoms with van der Waals surface area (Å²) in [5.41, 5.74) is 0.206. The van der Waals surface area contributed by atoms with Crippen LogP contribution in [0.25, 0.3) is 0 Å². The number of carbonyl (C=O) groups excluding carboxylic acids is 2. The number of fused-ring (bicyclic) bond motifs is 2. The average molecular weight is 686 g/mol. The number of hydrogen-bond acceptors (Lipinski definition) is 8. The highest BCUT2D eigenvalue weighted by atomic mass is 19.3. The zero-order valence-corrected chi connectivity index (χ0v) is 29.2. The lowest BCUT2D eigenvalue weighted by Gasteiger charge is -2.44. The molecule has 1 saturated carbocycles. The van der Waals surface area contributed by atoms with Crippen molar-refractivity contribution in [3.8, 4) is 0 Å². The molecule has 1 amide bonds. The number of pyridine rings is 1. The van der Waals surface area contributed by atoms with E-state index in [9.17, 15) is 28.6 Å². The number of aliphatic hydroxyl groups is 2. The van der Waals surface area contributed by atoms with Crippen molar-refractivity contribution in [2.75, 3.05) is 26.2 Å². The molecular weight excluding hydrogens is 632 g/mol. The van der Waals surface area contributed by atoms with Crippen molar-refractivity contribution >= 4 is 12.1 Å². The summed E-state index contributed by atoms with van der Waals surface area (Å²) in [6, 6.07) is 5.92. The zero-order valence-electron chi connectivity index (χ0n) is 29.2. The maximum atomic E-state index is 14.5. The Kier molecular flexibility index (Phi) is 12.0. The van der Waals surface area contributed by atoms with Gasteiger partial charge in [0.2, 0.25) is 0 Å². The van der Waals surface area contributed by atoms with Crippen LogP contribution in [0.5, 0.6) is 0 Å². The van der Waals surface area contributed by atoms with Gasteiger partial charge in [-0.05, 0) is 76.2 Å². The number of aliphatic hydroxyl groups excluding tert-OH is 1. The molecule has 0 aromatic carbocycles. The highest BCUT2D eigenvalue weighted by molar-refractivity contribution is 5.70. The van der Waals surface area contributed by atoms with Gasteiger partial charge in [-0.15, -0.1) is 0 Å². The van der Waals surface area contributed by atoms with E-state index in [2.05, 4.69) is 9.88 Å². The maximum absolute atomic E-state index is 14.5. The van der Waals surface area contributed by atoms with Gasteiger partial charge in [0.25, 0.3) is 5.92 Å². The number of ether oxygens (including phenoxy) is 2. The highest BCUT2D eigenvalue weighted by Gasteiger charge is 2.56. The quantitative estimate of drug-likeness (QED) is 0.212. The standard InChI is InChI=1S/C38H53F2N3O6/c1-25(32-10-5-6-19-41-32)8-7-9-26(2)35-27(3)11-14-33(37(4,47)18-15-31(44)22-34(45)49-35)48-36(46)42-20-16-30(17-21-42)43-23-28-12-13-29(24-43)38(28,39)40/h5-11,14,19,25,27-31,33,35,44,47H,12-13,15-18,20-24H2,1-4H3/b8-7+,14-11+,26-9+/t25-,27-,28?,29?,31-,33+,35+,37-/m0/s1. The number of alkyl halides is 2. The van der Waals surface area contributed by atoms with Crippen LogP contribution in [0, 0.1) is 17.8 Å². The Morgan fingerprint density at radius 2 is 1.82 bits per heavy atom. The minimum Gasteiger partial charge on any atom is -0.457 e. The monoisotopic (exact) mass is 685 g/mol. The molecule has 3 aliphatic heterocycles. The molecular formula is C38H53F2N3O6. The second-order valence-corrected chi connectivity index (χ2v) is 14.9. The second kappa shape index (κ2) is 15.8. The minimum absolute atomic E-state index is 0.0768. The molecule has 1 aromatic heterocycles.